The second-order valence-corrected chi connectivity index (χ2v) is 9.02. The number of thiol groups is 1. The number of rotatable bonds is 14. The summed E-state index contributed by atoms with van der Waals surface area (Å²) in [6.45, 7) is 0.552. The molecule has 0 spiro atoms. The maximum absolute atomic E-state index is 13.0. The lowest BCUT2D eigenvalue weighted by Crippen LogP contribution is -2.57. The molecule has 1 fully saturated rings. The highest BCUT2D eigenvalue weighted by Gasteiger charge is 2.38. The highest BCUT2D eigenvalue weighted by Crippen LogP contribution is 2.19. The number of nitrogens with one attached hydrogen (secondary N) is 2. The summed E-state index contributed by atoms with van der Waals surface area (Å²) < 4.78 is 0. The van der Waals surface area contributed by atoms with Crippen molar-refractivity contribution < 1.29 is 24.3 Å². The van der Waals surface area contributed by atoms with E-state index < -0.39 is 47.9 Å². The van der Waals surface area contributed by atoms with Gasteiger partial charge in [0.25, 0.3) is 0 Å². The van der Waals surface area contributed by atoms with Crippen molar-refractivity contribution in [2.24, 2.45) is 22.2 Å². The van der Waals surface area contributed by atoms with Crippen LogP contribution in [0.4, 0.5) is 0 Å². The summed E-state index contributed by atoms with van der Waals surface area (Å²) in [5, 5.41) is 14.5. The molecule has 0 aliphatic carbocycles. The van der Waals surface area contributed by atoms with Gasteiger partial charge in [-0.15, -0.1) is 0 Å². The van der Waals surface area contributed by atoms with E-state index in [0.29, 0.717) is 38.0 Å². The minimum absolute atomic E-state index is 0.0349. The fourth-order valence-corrected chi connectivity index (χ4v) is 4.11. The maximum Gasteiger partial charge on any atom is 0.326 e. The average molecular weight is 506 g/mol. The first kappa shape index (κ1) is 28.8. The minimum Gasteiger partial charge on any atom is -0.480 e. The van der Waals surface area contributed by atoms with Crippen LogP contribution in [0.2, 0.25) is 0 Å². The Morgan fingerprint density at radius 2 is 1.91 bits per heavy atom. The van der Waals surface area contributed by atoms with Crippen LogP contribution in [0.25, 0.3) is 0 Å². The molecule has 14 heteroatoms. The van der Waals surface area contributed by atoms with Gasteiger partial charge in [-0.2, -0.15) is 24.4 Å². The van der Waals surface area contributed by atoms with Crippen molar-refractivity contribution in [3.8, 4) is 0 Å². The molecular formula is C19H35N7O5S2. The predicted octanol–water partition coefficient (Wildman–Crippen LogP) is -1.90. The van der Waals surface area contributed by atoms with Gasteiger partial charge < -0.3 is 37.8 Å². The Hall–Kier alpha value is -2.19. The number of guanidine groups is 1. The largest absolute Gasteiger partial charge is 0.480 e. The van der Waals surface area contributed by atoms with Crippen LogP contribution in [-0.4, -0.2) is 94.7 Å². The van der Waals surface area contributed by atoms with E-state index in [0.717, 1.165) is 0 Å². The summed E-state index contributed by atoms with van der Waals surface area (Å²) in [5.41, 5.74) is 16.4. The molecule has 3 amide bonds. The van der Waals surface area contributed by atoms with E-state index in [9.17, 15) is 24.3 Å². The molecule has 1 rings (SSSR count). The second kappa shape index (κ2) is 14.9. The van der Waals surface area contributed by atoms with Crippen molar-refractivity contribution >= 4 is 54.0 Å². The van der Waals surface area contributed by atoms with Crippen molar-refractivity contribution in [2.45, 2.75) is 56.3 Å². The quantitative estimate of drug-likeness (QED) is 0.0608. The Kier molecular flexibility index (Phi) is 13.0. The van der Waals surface area contributed by atoms with Crippen molar-refractivity contribution in [1.82, 2.24) is 15.5 Å². The first-order valence-corrected chi connectivity index (χ1v) is 12.7. The Morgan fingerprint density at radius 1 is 1.21 bits per heavy atom. The number of amides is 3. The van der Waals surface area contributed by atoms with Gasteiger partial charge in [0.1, 0.15) is 18.1 Å². The number of hydrogen-bond donors (Lipinski definition) is 7. The van der Waals surface area contributed by atoms with Crippen LogP contribution < -0.4 is 27.8 Å². The molecule has 9 N–H and O–H groups in total. The van der Waals surface area contributed by atoms with Crippen LogP contribution in [0.1, 0.15) is 32.1 Å². The van der Waals surface area contributed by atoms with Crippen LogP contribution in [0.3, 0.4) is 0 Å². The number of aliphatic imine (C=N–C) groups is 1. The molecule has 0 aromatic rings. The molecule has 12 nitrogen and oxygen atoms in total. The molecule has 1 heterocycles. The zero-order valence-electron chi connectivity index (χ0n) is 18.7. The number of carboxylic acid groups (broad SMARTS) is 1. The number of carboxylic acids is 1. The molecule has 0 saturated carbocycles. The molecule has 188 valence electrons. The van der Waals surface area contributed by atoms with Gasteiger partial charge in [-0.3, -0.25) is 19.4 Å². The highest BCUT2D eigenvalue weighted by molar-refractivity contribution is 7.98. The van der Waals surface area contributed by atoms with Gasteiger partial charge in [0.15, 0.2) is 5.96 Å². The Bertz CT molecular complexity index is 721. The molecule has 0 radical (unpaired) electrons. The lowest BCUT2D eigenvalue weighted by atomic mass is 10.1. The average Bonchev–Trinajstić information content (AvgIpc) is 3.26. The van der Waals surface area contributed by atoms with Gasteiger partial charge in [-0.05, 0) is 44.1 Å². The smallest absolute Gasteiger partial charge is 0.326 e. The van der Waals surface area contributed by atoms with Crippen LogP contribution >= 0.6 is 24.4 Å². The van der Waals surface area contributed by atoms with E-state index >= 15 is 0 Å². The Balaban J connectivity index is 2.75. The van der Waals surface area contributed by atoms with Gasteiger partial charge in [0.2, 0.25) is 17.7 Å². The minimum atomic E-state index is -1.19. The van der Waals surface area contributed by atoms with Gasteiger partial charge in [-0.25, -0.2) is 4.79 Å². The van der Waals surface area contributed by atoms with Crippen molar-refractivity contribution in [3.05, 3.63) is 0 Å². The number of nitrogens with two attached hydrogens (primary N) is 3. The number of nitrogens with zero attached hydrogens (tertiary/aromatic N) is 2. The molecule has 0 aromatic heterocycles. The van der Waals surface area contributed by atoms with Crippen LogP contribution in [-0.2, 0) is 19.2 Å². The lowest BCUT2D eigenvalue weighted by Gasteiger charge is -2.29. The first-order valence-electron chi connectivity index (χ1n) is 10.7. The van der Waals surface area contributed by atoms with Gasteiger partial charge in [0.05, 0.1) is 6.04 Å². The molecule has 1 aliphatic rings. The summed E-state index contributed by atoms with van der Waals surface area (Å²) >= 11 is 5.74. The number of aliphatic carboxylic acids is 1. The molecule has 1 saturated heterocycles. The molecular weight excluding hydrogens is 470 g/mol. The monoisotopic (exact) mass is 505 g/mol. The standard InChI is InChI=1S/C19H35N7O5S2/c1-33-9-6-11(20)15(27)25-13(10-32)17(29)26-8-3-5-14(26)16(28)24-12(18(30)31)4-2-7-23-19(21)22/h11-14,32H,2-10,20H2,1H3,(H,24,28)(H,25,27)(H,30,31)(H4,21,22,23). The fraction of sp³-hybridized carbons (Fsp3) is 0.737. The van der Waals surface area contributed by atoms with E-state index in [1.165, 1.54) is 4.90 Å². The van der Waals surface area contributed by atoms with Crippen LogP contribution in [0.15, 0.2) is 4.99 Å². The Morgan fingerprint density at radius 3 is 2.48 bits per heavy atom. The SMILES string of the molecule is CSCCC(N)C(=O)NC(CS)C(=O)N1CCCC1C(=O)NC(CCCN=C(N)N)C(=O)O. The zero-order valence-corrected chi connectivity index (χ0v) is 20.4. The summed E-state index contributed by atoms with van der Waals surface area (Å²) in [7, 11) is 0. The predicted molar refractivity (Wildman–Crippen MR) is 131 cm³/mol. The third-order valence-electron chi connectivity index (χ3n) is 5.17. The summed E-state index contributed by atoms with van der Waals surface area (Å²) in [5.74, 6) is -2.01. The molecule has 33 heavy (non-hydrogen) atoms. The van der Waals surface area contributed by atoms with Crippen molar-refractivity contribution in [3.63, 3.8) is 0 Å². The van der Waals surface area contributed by atoms with Crippen LogP contribution in [0, 0.1) is 0 Å². The second-order valence-electron chi connectivity index (χ2n) is 7.67. The van der Waals surface area contributed by atoms with E-state index in [2.05, 4.69) is 28.3 Å². The fourth-order valence-electron chi connectivity index (χ4n) is 3.37. The maximum atomic E-state index is 13.0. The Labute approximate surface area is 203 Å². The highest BCUT2D eigenvalue weighted by atomic mass is 32.2. The topological polar surface area (TPSA) is 206 Å². The van der Waals surface area contributed by atoms with E-state index in [1.807, 2.05) is 6.26 Å². The van der Waals surface area contributed by atoms with Gasteiger partial charge in [0, 0.05) is 18.8 Å². The number of carbonyl (C=O) groups is 4. The molecule has 4 unspecified atom stereocenters. The number of hydrogen-bond acceptors (Lipinski definition) is 8. The normalized spacial score (nSPS) is 18.2. The van der Waals surface area contributed by atoms with Crippen molar-refractivity contribution in [1.29, 1.82) is 0 Å². The number of likely N-dealkylation sites (tertiary alicyclic amines) is 1. The first-order chi connectivity index (χ1) is 15.6. The van der Waals surface area contributed by atoms with Crippen LogP contribution in [0.5, 0.6) is 0 Å². The lowest BCUT2D eigenvalue weighted by molar-refractivity contribution is -0.144. The zero-order chi connectivity index (χ0) is 25.0. The third kappa shape index (κ3) is 9.68. The van der Waals surface area contributed by atoms with Gasteiger partial charge >= 0.3 is 5.97 Å². The molecule has 1 aliphatic heterocycles. The molecule has 4 atom stereocenters. The summed E-state index contributed by atoms with van der Waals surface area (Å²) in [6, 6.07) is -3.66. The third-order valence-corrected chi connectivity index (χ3v) is 6.17. The molecule has 0 bridgehead atoms. The van der Waals surface area contributed by atoms with Crippen molar-refractivity contribution in [2.75, 3.05) is 30.9 Å². The number of carbonyl (C=O) groups excluding carboxylic acids is 3. The number of thioether (sulfide) groups is 1. The van der Waals surface area contributed by atoms with Gasteiger partial charge in [-0.1, -0.05) is 0 Å². The summed E-state index contributed by atoms with van der Waals surface area (Å²) in [4.78, 5) is 54.9. The van der Waals surface area contributed by atoms with E-state index in [-0.39, 0.29) is 24.7 Å². The molecule has 0 aromatic carbocycles. The van der Waals surface area contributed by atoms with E-state index in [1.54, 1.807) is 11.8 Å². The summed E-state index contributed by atoms with van der Waals surface area (Å²) in [6.07, 6.45) is 3.82. The van der Waals surface area contributed by atoms with E-state index in [4.69, 9.17) is 17.2 Å².